The van der Waals surface area contributed by atoms with Crippen molar-refractivity contribution in [2.75, 3.05) is 24.3 Å². The van der Waals surface area contributed by atoms with Crippen LogP contribution in [0.25, 0.3) is 11.2 Å². The van der Waals surface area contributed by atoms with E-state index < -0.39 is 105 Å². The Morgan fingerprint density at radius 1 is 1.11 bits per heavy atom. The summed E-state index contributed by atoms with van der Waals surface area (Å²) in [6.07, 6.45) is -11.3. The molecule has 0 saturated carbocycles. The lowest BCUT2D eigenvalue weighted by Gasteiger charge is -2.28. The van der Waals surface area contributed by atoms with Crippen molar-refractivity contribution >= 4 is 72.4 Å². The van der Waals surface area contributed by atoms with E-state index in [-0.39, 0.29) is 28.5 Å². The van der Waals surface area contributed by atoms with Crippen LogP contribution in [0.3, 0.4) is 0 Å². The number of nitrogen functional groups attached to an aromatic ring is 1. The monoisotopic (exact) mass is 876 g/mol. The van der Waals surface area contributed by atoms with Gasteiger partial charge in [0.2, 0.25) is 18.1 Å². The zero-order valence-corrected chi connectivity index (χ0v) is 32.8. The summed E-state index contributed by atoms with van der Waals surface area (Å²) in [5.41, 5.74) is 3.14. The lowest BCUT2D eigenvalue weighted by Crippen LogP contribution is -2.43. The van der Waals surface area contributed by atoms with Crippen LogP contribution in [0.1, 0.15) is 36.7 Å². The molecule has 3 aromatic heterocycles. The van der Waals surface area contributed by atoms with Crippen LogP contribution in [0.15, 0.2) is 58.5 Å². The van der Waals surface area contributed by atoms with E-state index in [9.17, 15) is 28.6 Å². The fourth-order valence-electron chi connectivity index (χ4n) is 6.05. The van der Waals surface area contributed by atoms with Crippen molar-refractivity contribution in [2.45, 2.75) is 62.7 Å². The maximum absolute atomic E-state index is 16.1. The molecule has 1 amide bonds. The first-order valence-corrected chi connectivity index (χ1v) is 22.0. The molecule has 3 aliphatic rings. The number of amides is 1. The number of H-pyrrole nitrogens is 1. The van der Waals surface area contributed by atoms with E-state index in [0.29, 0.717) is 4.57 Å². The normalized spacial score (nSPS) is 31.5. The topological polar surface area (TPSA) is 273 Å². The molecule has 0 spiro atoms. The third-order valence-electron chi connectivity index (χ3n) is 8.77. The summed E-state index contributed by atoms with van der Waals surface area (Å²) in [6.45, 7) is -8.18. The van der Waals surface area contributed by atoms with E-state index >= 15 is 8.78 Å². The molecule has 3 saturated heterocycles. The standard InChI is InChI=1S/C30H32F2N8O13P2S2/c1-13(2)23(41)37-28-36-22-18(24(42)38-28)34-12-40(22)25-20-19(51-26(43)14-6-4-3-5-7-14)15(49-25)10-47-55(46,57)53-21-16(11-48-54(45,56)52-20)50-27(30(21,31)32)39-9-8-17(33)35-29(39)44/h3-9,12-13,15-16,19-21,25,27H,10-11H2,1-2H3,(H,45,56)(H,46,57)(H2,33,35,44)(H2,36,37,38,41,42)/t15-,16-,19?,20+,21?,25-,27-,54?,55?/m1/s1. The second-order valence-corrected chi connectivity index (χ2v) is 18.7. The van der Waals surface area contributed by atoms with Crippen LogP contribution in [0.4, 0.5) is 20.5 Å². The first-order valence-electron chi connectivity index (χ1n) is 16.7. The third-order valence-corrected chi connectivity index (χ3v) is 11.9. The van der Waals surface area contributed by atoms with Gasteiger partial charge in [-0.2, -0.15) is 18.7 Å². The minimum Gasteiger partial charge on any atom is -0.453 e. The summed E-state index contributed by atoms with van der Waals surface area (Å²) in [7, 11) is 0. The predicted octanol–water partition coefficient (Wildman–Crippen LogP) is 2.28. The molecule has 5 N–H and O–H groups in total. The summed E-state index contributed by atoms with van der Waals surface area (Å²) < 4.78 is 87.5. The molecule has 2 bridgehead atoms. The Balaban J connectivity index is 1.28. The molecule has 27 heteroatoms. The summed E-state index contributed by atoms with van der Waals surface area (Å²) in [5, 5.41) is 2.48. The number of imidazole rings is 1. The predicted molar refractivity (Wildman–Crippen MR) is 198 cm³/mol. The van der Waals surface area contributed by atoms with Crippen LogP contribution in [-0.4, -0.2) is 95.5 Å². The van der Waals surface area contributed by atoms with Crippen molar-refractivity contribution < 1.29 is 60.1 Å². The fraction of sp³-hybridized carbons (Fsp3) is 0.433. The van der Waals surface area contributed by atoms with E-state index in [1.807, 2.05) is 0 Å². The molecule has 3 aliphatic heterocycles. The Morgan fingerprint density at radius 2 is 1.82 bits per heavy atom. The number of aromatic amines is 1. The molecule has 0 radical (unpaired) electrons. The van der Waals surface area contributed by atoms with Gasteiger partial charge in [0.25, 0.3) is 5.56 Å². The number of hydrogen-bond acceptors (Lipinski definition) is 17. The zero-order valence-electron chi connectivity index (χ0n) is 29.3. The molecule has 21 nitrogen and oxygen atoms in total. The smallest absolute Gasteiger partial charge is 0.386 e. The first-order chi connectivity index (χ1) is 26.8. The summed E-state index contributed by atoms with van der Waals surface area (Å²) in [5.74, 6) is -6.61. The van der Waals surface area contributed by atoms with E-state index in [2.05, 4.69) is 37.5 Å². The van der Waals surface area contributed by atoms with Crippen LogP contribution >= 0.6 is 25.8 Å². The maximum Gasteiger partial charge on any atom is 0.386 e. The number of rotatable bonds is 6. The Hall–Kier alpha value is -4.00. The summed E-state index contributed by atoms with van der Waals surface area (Å²) in [6, 6.07) is 8.68. The third kappa shape index (κ3) is 8.45. The Kier molecular flexibility index (Phi) is 11.3. The van der Waals surface area contributed by atoms with Gasteiger partial charge in [-0.05, 0) is 30.0 Å². The van der Waals surface area contributed by atoms with Gasteiger partial charge in [-0.3, -0.25) is 42.6 Å². The summed E-state index contributed by atoms with van der Waals surface area (Å²) >= 11 is 9.21. The number of carbonyl (C=O) groups is 2. The van der Waals surface area contributed by atoms with Gasteiger partial charge in [0.15, 0.2) is 35.7 Å². The highest BCUT2D eigenvalue weighted by Gasteiger charge is 2.63. The number of nitrogens with zero attached hydrogens (tertiary/aromatic N) is 5. The molecule has 9 atom stereocenters. The highest BCUT2D eigenvalue weighted by molar-refractivity contribution is 8.44. The molecule has 57 heavy (non-hydrogen) atoms. The van der Waals surface area contributed by atoms with Crippen LogP contribution in [-0.2, 0) is 53.5 Å². The van der Waals surface area contributed by atoms with Crippen molar-refractivity contribution in [3.8, 4) is 0 Å². The number of anilines is 2. The SMILES string of the molecule is CC(C)C(=O)Nc1nc2c(ncn2[C@@H]2O[C@@H]3COP(O)(=S)OC4[C@@H](COP(=O)(S)O[C@H]2C3OC(=O)c2ccccc2)O[C@@H](n2ccc(N)nc2=O)C4(F)F)c(=O)[nH]1. The molecule has 4 unspecified atom stereocenters. The molecule has 1 aromatic carbocycles. The van der Waals surface area contributed by atoms with E-state index in [0.717, 1.165) is 23.2 Å². The van der Waals surface area contributed by atoms with Crippen molar-refractivity contribution in [2.24, 2.45) is 5.92 Å². The number of aromatic nitrogens is 6. The lowest BCUT2D eigenvalue weighted by molar-refractivity contribution is -0.138. The number of nitrogens with one attached hydrogen (secondary N) is 2. The van der Waals surface area contributed by atoms with Crippen LogP contribution in [0.2, 0.25) is 0 Å². The van der Waals surface area contributed by atoms with Crippen molar-refractivity contribution in [3.63, 3.8) is 0 Å². The van der Waals surface area contributed by atoms with Gasteiger partial charge < -0.3 is 29.4 Å². The van der Waals surface area contributed by atoms with Crippen LogP contribution in [0, 0.1) is 5.92 Å². The second kappa shape index (κ2) is 15.6. The average molecular weight is 877 g/mol. The number of nitrogens with two attached hydrogens (primary N) is 1. The number of esters is 1. The molecule has 6 heterocycles. The minimum absolute atomic E-state index is 0.0576. The second-order valence-electron chi connectivity index (χ2n) is 13.1. The number of fused-ring (bicyclic) bond motifs is 4. The van der Waals surface area contributed by atoms with Crippen molar-refractivity contribution in [3.05, 3.63) is 75.3 Å². The minimum atomic E-state index is -4.78. The van der Waals surface area contributed by atoms with Gasteiger partial charge in [0.05, 0.1) is 25.1 Å². The molecular weight excluding hydrogens is 844 g/mol. The quantitative estimate of drug-likeness (QED) is 0.106. The molecule has 7 rings (SSSR count). The van der Waals surface area contributed by atoms with E-state index in [1.165, 1.54) is 12.1 Å². The number of hydrogen-bond donors (Lipinski definition) is 5. The maximum atomic E-state index is 16.1. The number of ether oxygens (including phenoxy) is 3. The van der Waals surface area contributed by atoms with Gasteiger partial charge in [-0.15, -0.1) is 0 Å². The van der Waals surface area contributed by atoms with Crippen molar-refractivity contribution in [1.29, 1.82) is 0 Å². The molecule has 0 aliphatic carbocycles. The van der Waals surface area contributed by atoms with Gasteiger partial charge in [0, 0.05) is 12.1 Å². The van der Waals surface area contributed by atoms with Gasteiger partial charge >= 0.3 is 31.1 Å². The molecule has 306 valence electrons. The number of alkyl halides is 2. The first kappa shape index (κ1) is 41.2. The van der Waals surface area contributed by atoms with Gasteiger partial charge in [0.1, 0.15) is 18.0 Å². The Labute approximate surface area is 329 Å². The molecular formula is C30H32F2N8O13P2S2. The average Bonchev–Trinajstić information content (AvgIpc) is 3.78. The van der Waals surface area contributed by atoms with Gasteiger partial charge in [-0.25, -0.2) is 19.1 Å². The number of halogens is 2. The highest BCUT2D eigenvalue weighted by atomic mass is 32.7. The Morgan fingerprint density at radius 3 is 2.53 bits per heavy atom. The number of thiol groups is 1. The van der Waals surface area contributed by atoms with E-state index in [1.54, 1.807) is 32.0 Å². The number of benzene rings is 1. The largest absolute Gasteiger partial charge is 0.453 e. The van der Waals surface area contributed by atoms with Crippen LogP contribution in [0.5, 0.6) is 0 Å². The molecule has 3 fully saturated rings. The van der Waals surface area contributed by atoms with E-state index in [4.69, 9.17) is 49.8 Å². The molecule has 4 aromatic rings. The highest BCUT2D eigenvalue weighted by Crippen LogP contribution is 2.60. The Bertz CT molecular complexity index is 2420. The van der Waals surface area contributed by atoms with Crippen molar-refractivity contribution in [1.82, 2.24) is 29.1 Å². The summed E-state index contributed by atoms with van der Waals surface area (Å²) in [4.78, 5) is 76.9. The zero-order chi connectivity index (χ0) is 41.0. The fourth-order valence-corrected chi connectivity index (χ4v) is 8.92. The number of carbonyl (C=O) groups excluding carboxylic acids is 2. The van der Waals surface area contributed by atoms with Gasteiger partial charge in [-0.1, -0.05) is 44.3 Å². The lowest BCUT2D eigenvalue weighted by atomic mass is 10.1. The van der Waals surface area contributed by atoms with Crippen LogP contribution < -0.4 is 22.3 Å².